The summed E-state index contributed by atoms with van der Waals surface area (Å²) in [5.41, 5.74) is 1.00. The molecular formula is C12H15N3O2S2. The molecule has 0 saturated heterocycles. The number of hydrogen-bond donors (Lipinski definition) is 1. The molecule has 5 nitrogen and oxygen atoms in total. The van der Waals surface area contributed by atoms with Gasteiger partial charge in [0, 0.05) is 6.54 Å². The van der Waals surface area contributed by atoms with Crippen LogP contribution in [-0.2, 0) is 16.3 Å². The number of aryl methyl sites for hydroxylation is 1. The van der Waals surface area contributed by atoms with E-state index < -0.39 is 9.84 Å². The molecule has 0 radical (unpaired) electrons. The molecule has 1 heterocycles. The minimum Gasteiger partial charge on any atom is -0.360 e. The molecule has 0 aliphatic carbocycles. The van der Waals surface area contributed by atoms with Crippen LogP contribution in [0.2, 0.25) is 0 Å². The van der Waals surface area contributed by atoms with Gasteiger partial charge in [0.15, 0.2) is 0 Å². The lowest BCUT2D eigenvalue weighted by molar-refractivity contribution is 0.593. The topological polar surface area (TPSA) is 72.0 Å². The molecule has 0 fully saturated rings. The first kappa shape index (κ1) is 14.0. The summed E-state index contributed by atoms with van der Waals surface area (Å²) in [7, 11) is -3.35. The van der Waals surface area contributed by atoms with Crippen molar-refractivity contribution in [1.82, 2.24) is 10.2 Å². The minimum atomic E-state index is -3.35. The summed E-state index contributed by atoms with van der Waals surface area (Å²) in [5.74, 6) is 0.0533. The van der Waals surface area contributed by atoms with Crippen LogP contribution in [-0.4, -0.2) is 30.9 Å². The second kappa shape index (κ2) is 6.12. The van der Waals surface area contributed by atoms with Gasteiger partial charge >= 0.3 is 0 Å². The Kier molecular flexibility index (Phi) is 4.49. The predicted molar refractivity (Wildman–Crippen MR) is 76.3 cm³/mol. The molecule has 1 aromatic heterocycles. The van der Waals surface area contributed by atoms with E-state index in [-0.39, 0.29) is 10.1 Å². The van der Waals surface area contributed by atoms with Gasteiger partial charge in [0.1, 0.15) is 0 Å². The summed E-state index contributed by atoms with van der Waals surface area (Å²) >= 11 is 1.08. The number of benzene rings is 1. The van der Waals surface area contributed by atoms with Crippen molar-refractivity contribution in [2.24, 2.45) is 0 Å². The fourth-order valence-electron chi connectivity index (χ4n) is 1.54. The van der Waals surface area contributed by atoms with Gasteiger partial charge in [-0.15, -0.1) is 10.2 Å². The number of nitrogens with zero attached hydrogens (tertiary/aromatic N) is 2. The third-order valence-corrected chi connectivity index (χ3v) is 5.55. The standard InChI is InChI=1S/C12H15N3O2S2/c1-2-13-11-14-15-12(18-11)19(16,17)9-8-10-6-4-3-5-7-10/h3-7H,2,8-9H2,1H3,(H,13,14). The predicted octanol–water partition coefficient (Wildman–Crippen LogP) is 1.99. The van der Waals surface area contributed by atoms with E-state index in [0.29, 0.717) is 18.1 Å². The Morgan fingerprint density at radius 2 is 1.95 bits per heavy atom. The van der Waals surface area contributed by atoms with Gasteiger partial charge in [-0.2, -0.15) is 0 Å². The highest BCUT2D eigenvalue weighted by atomic mass is 32.2. The van der Waals surface area contributed by atoms with Crippen LogP contribution >= 0.6 is 11.3 Å². The van der Waals surface area contributed by atoms with Crippen LogP contribution in [0, 0.1) is 0 Å². The molecule has 0 unspecified atom stereocenters. The number of nitrogens with one attached hydrogen (secondary N) is 1. The second-order valence-electron chi connectivity index (χ2n) is 3.96. The SMILES string of the molecule is CCNc1nnc(S(=O)(=O)CCc2ccccc2)s1. The molecule has 0 amide bonds. The van der Waals surface area contributed by atoms with Gasteiger partial charge in [-0.25, -0.2) is 8.42 Å². The Morgan fingerprint density at radius 3 is 2.63 bits per heavy atom. The monoisotopic (exact) mass is 297 g/mol. The molecule has 0 aliphatic rings. The van der Waals surface area contributed by atoms with Gasteiger partial charge in [0.05, 0.1) is 5.75 Å². The minimum absolute atomic E-state index is 0.0533. The molecule has 7 heteroatoms. The molecule has 2 aromatic rings. The Labute approximate surface area is 116 Å². The second-order valence-corrected chi connectivity index (χ2v) is 7.22. The van der Waals surface area contributed by atoms with Crippen molar-refractivity contribution in [3.8, 4) is 0 Å². The first-order valence-corrected chi connectivity index (χ1v) is 8.43. The molecule has 102 valence electrons. The average Bonchev–Trinajstić information content (AvgIpc) is 2.88. The van der Waals surface area contributed by atoms with Crippen LogP contribution in [0.15, 0.2) is 34.7 Å². The van der Waals surface area contributed by atoms with E-state index in [0.717, 1.165) is 16.9 Å². The number of anilines is 1. The third kappa shape index (κ3) is 3.74. The number of rotatable bonds is 6. The normalized spacial score (nSPS) is 11.4. The summed E-state index contributed by atoms with van der Waals surface area (Å²) < 4.78 is 24.3. The van der Waals surface area contributed by atoms with Crippen LogP contribution in [0.5, 0.6) is 0 Å². The van der Waals surface area contributed by atoms with Crippen LogP contribution in [0.25, 0.3) is 0 Å². The zero-order valence-corrected chi connectivity index (χ0v) is 12.2. The highest BCUT2D eigenvalue weighted by Crippen LogP contribution is 2.21. The van der Waals surface area contributed by atoms with E-state index >= 15 is 0 Å². The van der Waals surface area contributed by atoms with Crippen molar-refractivity contribution < 1.29 is 8.42 Å². The van der Waals surface area contributed by atoms with Crippen molar-refractivity contribution in [2.45, 2.75) is 17.7 Å². The number of hydrogen-bond acceptors (Lipinski definition) is 6. The first-order chi connectivity index (χ1) is 9.12. The van der Waals surface area contributed by atoms with E-state index in [4.69, 9.17) is 0 Å². The molecule has 0 aliphatic heterocycles. The van der Waals surface area contributed by atoms with E-state index in [1.165, 1.54) is 0 Å². The van der Waals surface area contributed by atoms with E-state index in [9.17, 15) is 8.42 Å². The lowest BCUT2D eigenvalue weighted by Crippen LogP contribution is -2.09. The number of aromatic nitrogens is 2. The van der Waals surface area contributed by atoms with Gasteiger partial charge in [-0.1, -0.05) is 41.7 Å². The third-order valence-electron chi connectivity index (χ3n) is 2.50. The maximum absolute atomic E-state index is 12.1. The molecule has 0 spiro atoms. The fraction of sp³-hybridized carbons (Fsp3) is 0.333. The molecule has 1 aromatic carbocycles. The van der Waals surface area contributed by atoms with Crippen molar-refractivity contribution in [1.29, 1.82) is 0 Å². The van der Waals surface area contributed by atoms with Crippen LogP contribution in [0.4, 0.5) is 5.13 Å². The Morgan fingerprint density at radius 1 is 1.21 bits per heavy atom. The molecule has 2 rings (SSSR count). The Balaban J connectivity index is 2.05. The highest BCUT2D eigenvalue weighted by molar-refractivity contribution is 7.93. The maximum Gasteiger partial charge on any atom is 0.234 e. The summed E-state index contributed by atoms with van der Waals surface area (Å²) in [4.78, 5) is 0. The average molecular weight is 297 g/mol. The lowest BCUT2D eigenvalue weighted by Gasteiger charge is -2.00. The summed E-state index contributed by atoms with van der Waals surface area (Å²) in [6.07, 6.45) is 0.485. The van der Waals surface area contributed by atoms with Gasteiger partial charge in [-0.05, 0) is 18.9 Å². The number of sulfone groups is 1. The van der Waals surface area contributed by atoms with Crippen molar-refractivity contribution in [3.63, 3.8) is 0 Å². The summed E-state index contributed by atoms with van der Waals surface area (Å²) in [5, 5.41) is 11.0. The highest BCUT2D eigenvalue weighted by Gasteiger charge is 2.20. The fourth-order valence-corrected chi connectivity index (χ4v) is 3.93. The van der Waals surface area contributed by atoms with Gasteiger partial charge < -0.3 is 5.32 Å². The van der Waals surface area contributed by atoms with E-state index in [1.807, 2.05) is 37.3 Å². The smallest absolute Gasteiger partial charge is 0.234 e. The summed E-state index contributed by atoms with van der Waals surface area (Å²) in [6, 6.07) is 9.54. The van der Waals surface area contributed by atoms with Gasteiger partial charge in [-0.3, -0.25) is 0 Å². The van der Waals surface area contributed by atoms with Crippen molar-refractivity contribution in [2.75, 3.05) is 17.6 Å². The Bertz CT molecular complexity index is 623. The van der Waals surface area contributed by atoms with Crippen LogP contribution < -0.4 is 5.32 Å². The molecule has 19 heavy (non-hydrogen) atoms. The van der Waals surface area contributed by atoms with Crippen molar-refractivity contribution >= 4 is 26.3 Å². The largest absolute Gasteiger partial charge is 0.360 e. The van der Waals surface area contributed by atoms with Crippen molar-refractivity contribution in [3.05, 3.63) is 35.9 Å². The molecular weight excluding hydrogens is 282 g/mol. The molecule has 0 bridgehead atoms. The van der Waals surface area contributed by atoms with E-state index in [1.54, 1.807) is 0 Å². The molecule has 0 saturated carbocycles. The maximum atomic E-state index is 12.1. The zero-order chi connectivity index (χ0) is 13.7. The summed E-state index contributed by atoms with van der Waals surface area (Å²) in [6.45, 7) is 2.61. The molecule has 1 N–H and O–H groups in total. The van der Waals surface area contributed by atoms with Gasteiger partial charge in [0.2, 0.25) is 19.3 Å². The first-order valence-electron chi connectivity index (χ1n) is 5.96. The van der Waals surface area contributed by atoms with Crippen LogP contribution in [0.1, 0.15) is 12.5 Å². The van der Waals surface area contributed by atoms with Crippen LogP contribution in [0.3, 0.4) is 0 Å². The van der Waals surface area contributed by atoms with Gasteiger partial charge in [0.25, 0.3) is 0 Å². The zero-order valence-electron chi connectivity index (χ0n) is 10.5. The quantitative estimate of drug-likeness (QED) is 0.882. The Hall–Kier alpha value is -1.47. The van der Waals surface area contributed by atoms with E-state index in [2.05, 4.69) is 15.5 Å². The molecule has 0 atom stereocenters. The lowest BCUT2D eigenvalue weighted by atomic mass is 10.2.